The monoisotopic (exact) mass is 191 g/mol. The summed E-state index contributed by atoms with van der Waals surface area (Å²) in [6.45, 7) is 1.92. The van der Waals surface area contributed by atoms with Gasteiger partial charge in [0, 0.05) is 6.42 Å². The van der Waals surface area contributed by atoms with Crippen molar-refractivity contribution in [1.29, 1.82) is 0 Å². The molecule has 0 radical (unpaired) electrons. The lowest BCUT2D eigenvalue weighted by Crippen LogP contribution is -1.98. The molecule has 0 saturated heterocycles. The third kappa shape index (κ3) is 3.85. The van der Waals surface area contributed by atoms with E-state index in [0.717, 1.165) is 12.0 Å². The van der Waals surface area contributed by atoms with Gasteiger partial charge in [0.05, 0.1) is 6.21 Å². The van der Waals surface area contributed by atoms with Crippen LogP contribution >= 0.6 is 0 Å². The zero-order valence-electron chi connectivity index (χ0n) is 8.14. The third-order valence-corrected chi connectivity index (χ3v) is 1.61. The number of rotatable bonds is 4. The highest BCUT2D eigenvalue weighted by atomic mass is 16.7. The van der Waals surface area contributed by atoms with Gasteiger partial charge in [0.2, 0.25) is 0 Å². The Morgan fingerprint density at radius 3 is 2.79 bits per heavy atom. The van der Waals surface area contributed by atoms with Crippen LogP contribution in [0, 0.1) is 0 Å². The van der Waals surface area contributed by atoms with Gasteiger partial charge in [-0.1, -0.05) is 42.4 Å². The Morgan fingerprint density at radius 1 is 1.43 bits per heavy atom. The Hall–Kier alpha value is -1.64. The van der Waals surface area contributed by atoms with Gasteiger partial charge in [-0.3, -0.25) is 0 Å². The highest BCUT2D eigenvalue weighted by Crippen LogP contribution is 1.95. The zero-order chi connectivity index (χ0) is 10.2. The maximum Gasteiger partial charge on any atom is 0.335 e. The first-order chi connectivity index (χ1) is 6.83. The van der Waals surface area contributed by atoms with Gasteiger partial charge in [0.25, 0.3) is 0 Å². The number of carbonyl (C=O) groups is 1. The summed E-state index contributed by atoms with van der Waals surface area (Å²) in [5.74, 6) is -0.292. The summed E-state index contributed by atoms with van der Waals surface area (Å²) < 4.78 is 0. The number of hydrogen-bond acceptors (Lipinski definition) is 3. The molecule has 1 aromatic rings. The molecule has 0 aliphatic carbocycles. The van der Waals surface area contributed by atoms with E-state index < -0.39 is 0 Å². The number of carbonyl (C=O) groups excluding carboxylic acids is 1. The van der Waals surface area contributed by atoms with E-state index in [-0.39, 0.29) is 5.97 Å². The summed E-state index contributed by atoms with van der Waals surface area (Å²) in [4.78, 5) is 15.5. The van der Waals surface area contributed by atoms with E-state index in [9.17, 15) is 4.79 Å². The van der Waals surface area contributed by atoms with Crippen molar-refractivity contribution in [2.45, 2.75) is 19.8 Å². The van der Waals surface area contributed by atoms with Gasteiger partial charge in [-0.15, -0.1) is 0 Å². The molecule has 0 spiro atoms. The van der Waals surface area contributed by atoms with E-state index in [0.29, 0.717) is 6.42 Å². The minimum atomic E-state index is -0.292. The molecule has 1 aromatic carbocycles. The SMILES string of the molecule is CCCC(=O)ON=Cc1ccccc1. The first-order valence-electron chi connectivity index (χ1n) is 4.61. The summed E-state index contributed by atoms with van der Waals surface area (Å²) >= 11 is 0. The molecule has 0 fully saturated rings. The van der Waals surface area contributed by atoms with E-state index in [2.05, 4.69) is 9.99 Å². The minimum Gasteiger partial charge on any atom is -0.318 e. The van der Waals surface area contributed by atoms with Crippen LogP contribution in [0.1, 0.15) is 25.3 Å². The maximum atomic E-state index is 10.9. The molecule has 0 aliphatic heterocycles. The summed E-state index contributed by atoms with van der Waals surface area (Å²) in [5, 5.41) is 3.59. The molecule has 74 valence electrons. The van der Waals surface area contributed by atoms with Crippen LogP contribution in [0.15, 0.2) is 35.5 Å². The summed E-state index contributed by atoms with van der Waals surface area (Å²) in [7, 11) is 0. The van der Waals surface area contributed by atoms with Gasteiger partial charge < -0.3 is 4.84 Å². The zero-order valence-corrected chi connectivity index (χ0v) is 8.14. The van der Waals surface area contributed by atoms with Gasteiger partial charge in [-0.2, -0.15) is 0 Å². The molecule has 14 heavy (non-hydrogen) atoms. The Bertz CT molecular complexity index is 306. The smallest absolute Gasteiger partial charge is 0.318 e. The molecule has 0 bridgehead atoms. The van der Waals surface area contributed by atoms with Crippen molar-refractivity contribution in [1.82, 2.24) is 0 Å². The van der Waals surface area contributed by atoms with Crippen LogP contribution in [0.3, 0.4) is 0 Å². The fraction of sp³-hybridized carbons (Fsp3) is 0.273. The Morgan fingerprint density at radius 2 is 2.14 bits per heavy atom. The fourth-order valence-corrected chi connectivity index (χ4v) is 0.935. The quantitative estimate of drug-likeness (QED) is 0.416. The minimum absolute atomic E-state index is 0.292. The molecule has 0 heterocycles. The lowest BCUT2D eigenvalue weighted by atomic mass is 10.2. The first-order valence-corrected chi connectivity index (χ1v) is 4.61. The van der Waals surface area contributed by atoms with Gasteiger partial charge >= 0.3 is 5.97 Å². The van der Waals surface area contributed by atoms with Crippen LogP contribution in [0.2, 0.25) is 0 Å². The van der Waals surface area contributed by atoms with Crippen molar-refractivity contribution in [3.8, 4) is 0 Å². The number of oxime groups is 1. The number of hydrogen-bond donors (Lipinski definition) is 0. The fourth-order valence-electron chi connectivity index (χ4n) is 0.935. The van der Waals surface area contributed by atoms with Crippen LogP contribution < -0.4 is 0 Å². The van der Waals surface area contributed by atoms with Gasteiger partial charge in [-0.25, -0.2) is 4.79 Å². The second-order valence-corrected chi connectivity index (χ2v) is 2.86. The Kier molecular flexibility index (Phi) is 4.41. The lowest BCUT2D eigenvalue weighted by Gasteiger charge is -1.94. The van der Waals surface area contributed by atoms with Gasteiger partial charge in [-0.05, 0) is 12.0 Å². The van der Waals surface area contributed by atoms with Crippen LogP contribution in [0.5, 0.6) is 0 Å². The van der Waals surface area contributed by atoms with Crippen LogP contribution in [0.25, 0.3) is 0 Å². The highest BCUT2D eigenvalue weighted by Gasteiger charge is 1.97. The largest absolute Gasteiger partial charge is 0.335 e. The molecule has 1 rings (SSSR count). The van der Waals surface area contributed by atoms with E-state index in [1.165, 1.54) is 6.21 Å². The predicted molar refractivity (Wildman–Crippen MR) is 55.0 cm³/mol. The summed E-state index contributed by atoms with van der Waals surface area (Å²) in [5.41, 5.74) is 0.914. The van der Waals surface area contributed by atoms with E-state index in [1.54, 1.807) is 0 Å². The normalized spacial score (nSPS) is 10.4. The Labute approximate surface area is 83.4 Å². The van der Waals surface area contributed by atoms with Crippen LogP contribution in [-0.2, 0) is 9.63 Å². The first kappa shape index (κ1) is 10.4. The third-order valence-electron chi connectivity index (χ3n) is 1.61. The molecule has 0 amide bonds. The van der Waals surface area contributed by atoms with Crippen LogP contribution in [0.4, 0.5) is 0 Å². The number of benzene rings is 1. The highest BCUT2D eigenvalue weighted by molar-refractivity contribution is 5.79. The Balaban J connectivity index is 2.38. The number of nitrogens with zero attached hydrogens (tertiary/aromatic N) is 1. The molecular formula is C11H13NO2. The van der Waals surface area contributed by atoms with Gasteiger partial charge in [0.1, 0.15) is 0 Å². The second kappa shape index (κ2) is 5.91. The van der Waals surface area contributed by atoms with Crippen LogP contribution in [-0.4, -0.2) is 12.2 Å². The summed E-state index contributed by atoms with van der Waals surface area (Å²) in [6.07, 6.45) is 2.71. The molecule has 3 nitrogen and oxygen atoms in total. The van der Waals surface area contributed by atoms with Gasteiger partial charge in [0.15, 0.2) is 0 Å². The van der Waals surface area contributed by atoms with Crippen molar-refractivity contribution in [3.63, 3.8) is 0 Å². The average molecular weight is 191 g/mol. The van der Waals surface area contributed by atoms with E-state index in [4.69, 9.17) is 0 Å². The lowest BCUT2D eigenvalue weighted by molar-refractivity contribution is -0.143. The molecule has 0 saturated carbocycles. The summed E-state index contributed by atoms with van der Waals surface area (Å²) in [6, 6.07) is 9.49. The second-order valence-electron chi connectivity index (χ2n) is 2.86. The van der Waals surface area contributed by atoms with Crippen molar-refractivity contribution in [2.24, 2.45) is 5.16 Å². The molecule has 0 unspecified atom stereocenters. The molecule has 0 atom stereocenters. The molecule has 3 heteroatoms. The topological polar surface area (TPSA) is 38.7 Å². The molecule has 0 aromatic heterocycles. The molecule has 0 aliphatic rings. The van der Waals surface area contributed by atoms with E-state index >= 15 is 0 Å². The van der Waals surface area contributed by atoms with Crippen molar-refractivity contribution < 1.29 is 9.63 Å². The standard InChI is InChI=1S/C11H13NO2/c1-2-6-11(13)14-12-9-10-7-4-3-5-8-10/h3-5,7-9H,2,6H2,1H3. The van der Waals surface area contributed by atoms with Crippen molar-refractivity contribution in [2.75, 3.05) is 0 Å². The van der Waals surface area contributed by atoms with E-state index in [1.807, 2.05) is 37.3 Å². The molecule has 0 N–H and O–H groups in total. The predicted octanol–water partition coefficient (Wildman–Crippen LogP) is 2.36. The average Bonchev–Trinajstić information content (AvgIpc) is 2.20. The maximum absolute atomic E-state index is 10.9. The van der Waals surface area contributed by atoms with Crippen molar-refractivity contribution >= 4 is 12.2 Å². The van der Waals surface area contributed by atoms with Crippen molar-refractivity contribution in [3.05, 3.63) is 35.9 Å². The molecular weight excluding hydrogens is 178 g/mol.